The van der Waals surface area contributed by atoms with E-state index in [1.54, 1.807) is 0 Å². The monoisotopic (exact) mass is 268 g/mol. The lowest BCUT2D eigenvalue weighted by Gasteiger charge is -2.43. The summed E-state index contributed by atoms with van der Waals surface area (Å²) in [4.78, 5) is 31.3. The summed E-state index contributed by atoms with van der Waals surface area (Å²) in [5.41, 5.74) is -0.908. The van der Waals surface area contributed by atoms with Crippen LogP contribution in [0.2, 0.25) is 0 Å². The third-order valence-electron chi connectivity index (χ3n) is 3.29. The van der Waals surface area contributed by atoms with E-state index >= 15 is 0 Å². The summed E-state index contributed by atoms with van der Waals surface area (Å²) in [7, 11) is 0. The second kappa shape index (κ2) is 4.30. The number of aliphatic hydroxyl groups excluding tert-OH is 2. The highest BCUT2D eigenvalue weighted by Crippen LogP contribution is 2.37. The quantitative estimate of drug-likeness (QED) is 0.504. The van der Waals surface area contributed by atoms with E-state index in [9.17, 15) is 14.7 Å². The van der Waals surface area contributed by atoms with Crippen molar-refractivity contribution in [2.75, 3.05) is 13.2 Å². The third kappa shape index (κ3) is 1.70. The van der Waals surface area contributed by atoms with Gasteiger partial charge in [0.25, 0.3) is 5.56 Å². The molecular formula is C10H12N4O5. The molecule has 2 aromatic heterocycles. The van der Waals surface area contributed by atoms with Gasteiger partial charge in [-0.15, -0.1) is 0 Å². The Kier molecular flexibility index (Phi) is 2.73. The van der Waals surface area contributed by atoms with Crippen molar-refractivity contribution in [3.63, 3.8) is 0 Å². The molecule has 19 heavy (non-hydrogen) atoms. The lowest BCUT2D eigenvalue weighted by Crippen LogP contribution is -2.49. The maximum atomic E-state index is 11.5. The Balaban J connectivity index is 2.07. The van der Waals surface area contributed by atoms with Gasteiger partial charge in [0.1, 0.15) is 11.9 Å². The Bertz CT molecular complexity index is 717. The van der Waals surface area contributed by atoms with E-state index in [4.69, 9.17) is 9.84 Å². The number of rotatable bonds is 3. The summed E-state index contributed by atoms with van der Waals surface area (Å²) in [5.74, 6) is -0.315. The Morgan fingerprint density at radius 2 is 2.11 bits per heavy atom. The molecule has 0 radical (unpaired) electrons. The first-order chi connectivity index (χ1) is 9.15. The van der Waals surface area contributed by atoms with Gasteiger partial charge in [-0.1, -0.05) is 0 Å². The summed E-state index contributed by atoms with van der Waals surface area (Å²) in [6, 6.07) is 0. The fourth-order valence-corrected chi connectivity index (χ4v) is 2.28. The van der Waals surface area contributed by atoms with Gasteiger partial charge >= 0.3 is 5.69 Å². The maximum Gasteiger partial charge on any atom is 0.327 e. The summed E-state index contributed by atoms with van der Waals surface area (Å²) in [5, 5.41) is 18.3. The highest BCUT2D eigenvalue weighted by molar-refractivity contribution is 5.68. The smallest absolute Gasteiger partial charge is 0.327 e. The molecule has 0 bridgehead atoms. The van der Waals surface area contributed by atoms with Crippen LogP contribution in [0.25, 0.3) is 11.2 Å². The molecule has 3 rings (SSSR count). The van der Waals surface area contributed by atoms with Crippen LogP contribution in [0.5, 0.6) is 0 Å². The van der Waals surface area contributed by atoms with E-state index in [0.717, 1.165) is 0 Å². The molecule has 1 aliphatic heterocycles. The Morgan fingerprint density at radius 3 is 2.79 bits per heavy atom. The van der Waals surface area contributed by atoms with Gasteiger partial charge in [-0.2, -0.15) is 0 Å². The first kappa shape index (κ1) is 12.1. The molecule has 1 fully saturated rings. The van der Waals surface area contributed by atoms with Gasteiger partial charge in [0.15, 0.2) is 5.52 Å². The van der Waals surface area contributed by atoms with Crippen LogP contribution in [0.4, 0.5) is 0 Å². The SMILES string of the molecule is O=c1[nH]c(=O)c2ncn([C@@H]3O[C@H](CO)[C@H]3CO)c2[nH]1. The Hall–Kier alpha value is -1.97. The number of ether oxygens (including phenoxy) is 1. The number of aliphatic hydroxyl groups is 2. The zero-order valence-electron chi connectivity index (χ0n) is 9.74. The van der Waals surface area contributed by atoms with Crippen molar-refractivity contribution < 1.29 is 14.9 Å². The van der Waals surface area contributed by atoms with Crippen LogP contribution >= 0.6 is 0 Å². The minimum Gasteiger partial charge on any atom is -0.396 e. The number of aromatic amines is 2. The maximum absolute atomic E-state index is 11.5. The average Bonchev–Trinajstić information content (AvgIpc) is 2.73. The third-order valence-corrected chi connectivity index (χ3v) is 3.29. The number of aromatic nitrogens is 4. The van der Waals surface area contributed by atoms with Crippen LogP contribution in [0.3, 0.4) is 0 Å². The average molecular weight is 268 g/mol. The largest absolute Gasteiger partial charge is 0.396 e. The van der Waals surface area contributed by atoms with Crippen molar-refractivity contribution >= 4 is 11.2 Å². The van der Waals surface area contributed by atoms with E-state index in [0.29, 0.717) is 0 Å². The minimum absolute atomic E-state index is 0.0901. The number of imidazole rings is 1. The van der Waals surface area contributed by atoms with Gasteiger partial charge < -0.3 is 14.9 Å². The lowest BCUT2D eigenvalue weighted by molar-refractivity contribution is -0.243. The van der Waals surface area contributed by atoms with Gasteiger partial charge in [-0.05, 0) is 0 Å². The standard InChI is InChI=1S/C10H12N4O5/c15-1-4-5(2-16)19-9(4)14-3-11-6-7(14)12-10(18)13-8(6)17/h3-5,9,15-16H,1-2H2,(H2,12,13,17,18)/t4-,5-,9-/m1/s1. The topological polar surface area (TPSA) is 133 Å². The van der Waals surface area contributed by atoms with Crippen molar-refractivity contribution in [1.29, 1.82) is 0 Å². The van der Waals surface area contributed by atoms with E-state index in [-0.39, 0.29) is 30.3 Å². The molecule has 0 spiro atoms. The van der Waals surface area contributed by atoms with E-state index in [2.05, 4.69) is 15.0 Å². The molecule has 9 heteroatoms. The predicted molar refractivity (Wildman–Crippen MR) is 62.5 cm³/mol. The molecule has 3 heterocycles. The van der Waals surface area contributed by atoms with E-state index < -0.39 is 23.6 Å². The van der Waals surface area contributed by atoms with Crippen molar-refractivity contribution in [2.45, 2.75) is 12.3 Å². The van der Waals surface area contributed by atoms with E-state index in [1.807, 2.05) is 0 Å². The number of nitrogens with zero attached hydrogens (tertiary/aromatic N) is 2. The zero-order chi connectivity index (χ0) is 13.6. The van der Waals surface area contributed by atoms with Crippen molar-refractivity contribution in [3.8, 4) is 0 Å². The summed E-state index contributed by atoms with van der Waals surface area (Å²) >= 11 is 0. The first-order valence-corrected chi connectivity index (χ1v) is 5.72. The molecule has 0 aliphatic carbocycles. The van der Waals surface area contributed by atoms with Gasteiger partial charge in [0.05, 0.1) is 31.6 Å². The van der Waals surface area contributed by atoms with Crippen LogP contribution in [0.15, 0.2) is 15.9 Å². The number of fused-ring (bicyclic) bond motifs is 1. The van der Waals surface area contributed by atoms with Gasteiger partial charge in [0.2, 0.25) is 0 Å². The molecule has 102 valence electrons. The molecule has 0 amide bonds. The van der Waals surface area contributed by atoms with Gasteiger partial charge in [-0.25, -0.2) is 9.78 Å². The molecular weight excluding hydrogens is 256 g/mol. The summed E-state index contributed by atoms with van der Waals surface area (Å²) in [6.45, 7) is -0.381. The number of hydrogen-bond acceptors (Lipinski definition) is 6. The molecule has 1 aliphatic rings. The lowest BCUT2D eigenvalue weighted by atomic mass is 9.95. The fraction of sp³-hybridized carbons (Fsp3) is 0.500. The van der Waals surface area contributed by atoms with Crippen LogP contribution in [-0.2, 0) is 4.74 Å². The summed E-state index contributed by atoms with van der Waals surface area (Å²) in [6.07, 6.45) is 0.335. The highest BCUT2D eigenvalue weighted by atomic mass is 16.5. The second-order valence-electron chi connectivity index (χ2n) is 4.35. The van der Waals surface area contributed by atoms with Crippen LogP contribution in [0.1, 0.15) is 6.23 Å². The summed E-state index contributed by atoms with van der Waals surface area (Å²) < 4.78 is 6.87. The van der Waals surface area contributed by atoms with Gasteiger partial charge in [-0.3, -0.25) is 19.3 Å². The zero-order valence-corrected chi connectivity index (χ0v) is 9.74. The number of H-pyrrole nitrogens is 2. The molecule has 1 saturated heterocycles. The van der Waals surface area contributed by atoms with Crippen LogP contribution in [-0.4, -0.2) is 49.0 Å². The van der Waals surface area contributed by atoms with Crippen molar-refractivity contribution in [1.82, 2.24) is 19.5 Å². The van der Waals surface area contributed by atoms with Crippen LogP contribution < -0.4 is 11.2 Å². The van der Waals surface area contributed by atoms with E-state index in [1.165, 1.54) is 10.9 Å². The Morgan fingerprint density at radius 1 is 1.32 bits per heavy atom. The van der Waals surface area contributed by atoms with Crippen molar-refractivity contribution in [3.05, 3.63) is 27.2 Å². The fourth-order valence-electron chi connectivity index (χ4n) is 2.28. The highest BCUT2D eigenvalue weighted by Gasteiger charge is 2.43. The predicted octanol–water partition coefficient (Wildman–Crippen LogP) is -2.09. The minimum atomic E-state index is -0.641. The molecule has 0 saturated carbocycles. The Labute approximate surface area is 105 Å². The number of hydrogen-bond donors (Lipinski definition) is 4. The molecule has 9 nitrogen and oxygen atoms in total. The van der Waals surface area contributed by atoms with Crippen molar-refractivity contribution in [2.24, 2.45) is 5.92 Å². The van der Waals surface area contributed by atoms with Crippen LogP contribution in [0, 0.1) is 5.92 Å². The van der Waals surface area contributed by atoms with Gasteiger partial charge in [0, 0.05) is 0 Å². The first-order valence-electron chi connectivity index (χ1n) is 5.72. The normalized spacial score (nSPS) is 26.5. The number of nitrogens with one attached hydrogen (secondary N) is 2. The molecule has 4 N–H and O–H groups in total. The molecule has 0 unspecified atom stereocenters. The molecule has 3 atom stereocenters. The molecule has 2 aromatic rings. The second-order valence-corrected chi connectivity index (χ2v) is 4.35. The molecule has 0 aromatic carbocycles.